The van der Waals surface area contributed by atoms with Gasteiger partial charge in [0.15, 0.2) is 6.10 Å². The molecule has 1 N–H and O–H groups in total. The molecule has 1 atom stereocenters. The molecule has 1 rings (SSSR count). The number of hydrogen-bond donors (Lipinski definition) is 1. The van der Waals surface area contributed by atoms with Crippen LogP contribution in [0.3, 0.4) is 0 Å². The van der Waals surface area contributed by atoms with E-state index in [9.17, 15) is 19.2 Å². The molecule has 0 radical (unpaired) electrons. The average molecular weight is 325 g/mol. The second-order valence-electron chi connectivity index (χ2n) is 5.80. The maximum atomic E-state index is 12.4. The van der Waals surface area contributed by atoms with Gasteiger partial charge < -0.3 is 9.64 Å². The second-order valence-corrected chi connectivity index (χ2v) is 5.80. The predicted octanol–water partition coefficient (Wildman–Crippen LogP) is 0.114. The van der Waals surface area contributed by atoms with Crippen LogP contribution in [0.25, 0.3) is 0 Å². The summed E-state index contributed by atoms with van der Waals surface area (Å²) >= 11 is 0. The van der Waals surface area contributed by atoms with Crippen LogP contribution in [-0.2, 0) is 20.9 Å². The van der Waals surface area contributed by atoms with Gasteiger partial charge in [0, 0.05) is 24.3 Å². The highest BCUT2D eigenvalue weighted by atomic mass is 16.5. The van der Waals surface area contributed by atoms with Crippen molar-refractivity contribution in [2.24, 2.45) is 0 Å². The lowest BCUT2D eigenvalue weighted by Gasteiger charge is -2.32. The first-order chi connectivity index (χ1) is 10.6. The van der Waals surface area contributed by atoms with Crippen molar-refractivity contribution in [1.29, 1.82) is 0 Å². The van der Waals surface area contributed by atoms with Gasteiger partial charge in [-0.05, 0) is 34.6 Å². The second kappa shape index (κ2) is 7.75. The predicted molar refractivity (Wildman–Crippen MR) is 84.0 cm³/mol. The monoisotopic (exact) mass is 325 g/mol. The molecule has 0 bridgehead atoms. The molecule has 0 aromatic carbocycles. The van der Waals surface area contributed by atoms with E-state index < -0.39 is 23.3 Å². The average Bonchev–Trinajstić information content (AvgIpc) is 2.40. The minimum Gasteiger partial charge on any atom is -0.451 e. The Kier molecular flexibility index (Phi) is 6.29. The summed E-state index contributed by atoms with van der Waals surface area (Å²) in [4.78, 5) is 50.4. The summed E-state index contributed by atoms with van der Waals surface area (Å²) in [5.41, 5.74) is -1.26. The molecule has 23 heavy (non-hydrogen) atoms. The Morgan fingerprint density at radius 1 is 1.17 bits per heavy atom. The Hall–Kier alpha value is -2.38. The van der Waals surface area contributed by atoms with Crippen molar-refractivity contribution in [3.63, 3.8) is 0 Å². The summed E-state index contributed by atoms with van der Waals surface area (Å²) in [5, 5.41) is 0. The molecule has 1 aromatic rings. The molecule has 8 nitrogen and oxygen atoms in total. The van der Waals surface area contributed by atoms with Crippen LogP contribution in [0.5, 0.6) is 0 Å². The Morgan fingerprint density at radius 2 is 1.74 bits per heavy atom. The highest BCUT2D eigenvalue weighted by molar-refractivity contribution is 5.83. The number of H-pyrrole nitrogens is 1. The first-order valence-corrected chi connectivity index (χ1v) is 7.45. The molecule has 8 heteroatoms. The van der Waals surface area contributed by atoms with Crippen molar-refractivity contribution in [2.45, 2.75) is 59.4 Å². The van der Waals surface area contributed by atoms with E-state index in [1.54, 1.807) is 4.90 Å². The van der Waals surface area contributed by atoms with Crippen molar-refractivity contribution >= 4 is 11.9 Å². The van der Waals surface area contributed by atoms with Crippen LogP contribution in [0, 0.1) is 0 Å². The number of esters is 1. The zero-order valence-electron chi connectivity index (χ0n) is 14.0. The van der Waals surface area contributed by atoms with Gasteiger partial charge in [0.25, 0.3) is 11.5 Å². The van der Waals surface area contributed by atoms with Gasteiger partial charge >= 0.3 is 11.7 Å². The van der Waals surface area contributed by atoms with Crippen molar-refractivity contribution in [1.82, 2.24) is 14.5 Å². The van der Waals surface area contributed by atoms with Gasteiger partial charge in [-0.3, -0.25) is 23.9 Å². The number of rotatable bonds is 6. The number of aromatic amines is 1. The summed E-state index contributed by atoms with van der Waals surface area (Å²) < 4.78 is 6.10. The SMILES string of the molecule is CC(C)N(C(=O)[C@H](C)OC(=O)Cn1ccc(=O)[nH]c1=O)C(C)C. The van der Waals surface area contributed by atoms with E-state index in [1.807, 2.05) is 32.7 Å². The summed E-state index contributed by atoms with van der Waals surface area (Å²) in [7, 11) is 0. The first-order valence-electron chi connectivity index (χ1n) is 7.45. The minimum atomic E-state index is -0.953. The van der Waals surface area contributed by atoms with Crippen molar-refractivity contribution < 1.29 is 14.3 Å². The van der Waals surface area contributed by atoms with E-state index >= 15 is 0 Å². The fourth-order valence-electron chi connectivity index (χ4n) is 2.31. The van der Waals surface area contributed by atoms with Gasteiger partial charge in [0.2, 0.25) is 0 Å². The van der Waals surface area contributed by atoms with Gasteiger partial charge in [0.1, 0.15) is 6.54 Å². The van der Waals surface area contributed by atoms with Gasteiger partial charge in [-0.15, -0.1) is 0 Å². The summed E-state index contributed by atoms with van der Waals surface area (Å²) in [6.45, 7) is 8.64. The van der Waals surface area contributed by atoms with E-state index in [-0.39, 0.29) is 24.5 Å². The lowest BCUT2D eigenvalue weighted by Crippen LogP contribution is -2.47. The molecule has 0 aliphatic heterocycles. The topological polar surface area (TPSA) is 101 Å². The molecule has 0 saturated heterocycles. The van der Waals surface area contributed by atoms with Crippen molar-refractivity contribution in [2.75, 3.05) is 0 Å². The van der Waals surface area contributed by atoms with Crippen LogP contribution in [0.2, 0.25) is 0 Å². The highest BCUT2D eigenvalue weighted by Gasteiger charge is 2.27. The zero-order valence-corrected chi connectivity index (χ0v) is 14.0. The highest BCUT2D eigenvalue weighted by Crippen LogP contribution is 2.09. The number of hydrogen-bond acceptors (Lipinski definition) is 5. The zero-order chi connectivity index (χ0) is 17.7. The molecule has 1 aromatic heterocycles. The van der Waals surface area contributed by atoms with Crippen molar-refractivity contribution in [3.8, 4) is 0 Å². The molecule has 0 spiro atoms. The fraction of sp³-hybridized carbons (Fsp3) is 0.600. The normalized spacial score (nSPS) is 12.3. The van der Waals surface area contributed by atoms with Gasteiger partial charge in [-0.25, -0.2) is 4.79 Å². The summed E-state index contributed by atoms with van der Waals surface area (Å²) in [5.74, 6) is -1.02. The minimum absolute atomic E-state index is 0.0227. The number of nitrogens with zero attached hydrogens (tertiary/aromatic N) is 2. The largest absolute Gasteiger partial charge is 0.451 e. The molecule has 128 valence electrons. The van der Waals surface area contributed by atoms with E-state index in [4.69, 9.17) is 4.74 Å². The fourth-order valence-corrected chi connectivity index (χ4v) is 2.31. The standard InChI is InChI=1S/C15H23N3O5/c1-9(2)18(10(3)4)14(21)11(5)23-13(20)8-17-7-6-12(19)16-15(17)22/h6-7,9-11H,8H2,1-5H3,(H,16,19,22)/t11-/m0/s1. The quantitative estimate of drug-likeness (QED) is 0.748. The lowest BCUT2D eigenvalue weighted by molar-refractivity contribution is -0.161. The van der Waals surface area contributed by atoms with Crippen LogP contribution in [-0.4, -0.2) is 44.5 Å². The Morgan fingerprint density at radius 3 is 2.22 bits per heavy atom. The third kappa shape index (κ3) is 5.08. The Bertz CT molecular complexity index is 666. The molecule has 0 unspecified atom stereocenters. The van der Waals surface area contributed by atoms with Gasteiger partial charge in [0.05, 0.1) is 0 Å². The molecule has 0 fully saturated rings. The maximum Gasteiger partial charge on any atom is 0.328 e. The molecule has 1 heterocycles. The number of aromatic nitrogens is 2. The number of nitrogens with one attached hydrogen (secondary N) is 1. The van der Waals surface area contributed by atoms with Crippen LogP contribution in [0.4, 0.5) is 0 Å². The maximum absolute atomic E-state index is 12.4. The van der Waals surface area contributed by atoms with Crippen LogP contribution in [0.15, 0.2) is 21.9 Å². The number of carbonyl (C=O) groups is 2. The molecule has 1 amide bonds. The lowest BCUT2D eigenvalue weighted by atomic mass is 10.2. The Balaban J connectivity index is 2.74. The van der Waals surface area contributed by atoms with Crippen LogP contribution >= 0.6 is 0 Å². The number of ether oxygens (including phenoxy) is 1. The van der Waals surface area contributed by atoms with E-state index in [0.29, 0.717) is 0 Å². The van der Waals surface area contributed by atoms with E-state index in [0.717, 1.165) is 10.6 Å². The Labute approximate surface area is 134 Å². The summed E-state index contributed by atoms with van der Waals surface area (Å²) in [6.07, 6.45) is 0.245. The van der Waals surface area contributed by atoms with Crippen LogP contribution < -0.4 is 11.2 Å². The molecule has 0 aliphatic carbocycles. The number of amides is 1. The first kappa shape index (κ1) is 18.7. The number of carbonyl (C=O) groups excluding carboxylic acids is 2. The third-order valence-corrected chi connectivity index (χ3v) is 3.22. The molecule has 0 saturated carbocycles. The van der Waals surface area contributed by atoms with Crippen molar-refractivity contribution in [3.05, 3.63) is 33.1 Å². The molecular formula is C15H23N3O5. The van der Waals surface area contributed by atoms with Gasteiger partial charge in [-0.1, -0.05) is 0 Å². The van der Waals surface area contributed by atoms with E-state index in [1.165, 1.54) is 13.1 Å². The summed E-state index contributed by atoms with van der Waals surface area (Å²) in [6, 6.07) is 1.08. The molecular weight excluding hydrogens is 302 g/mol. The van der Waals surface area contributed by atoms with E-state index in [2.05, 4.69) is 0 Å². The third-order valence-electron chi connectivity index (χ3n) is 3.22. The smallest absolute Gasteiger partial charge is 0.328 e. The molecule has 0 aliphatic rings. The van der Waals surface area contributed by atoms with Gasteiger partial charge in [-0.2, -0.15) is 0 Å². The van der Waals surface area contributed by atoms with Crippen LogP contribution in [0.1, 0.15) is 34.6 Å².